The maximum atomic E-state index is 3.99. The minimum absolute atomic E-state index is 0.457. The van der Waals surface area contributed by atoms with Gasteiger partial charge < -0.3 is 5.32 Å². The van der Waals surface area contributed by atoms with Gasteiger partial charge in [-0.3, -0.25) is 4.90 Å². The fourth-order valence-corrected chi connectivity index (χ4v) is 5.18. The van der Waals surface area contributed by atoms with Crippen LogP contribution < -0.4 is 5.32 Å². The van der Waals surface area contributed by atoms with Crippen molar-refractivity contribution < 1.29 is 0 Å². The Kier molecular flexibility index (Phi) is 4.08. The molecule has 1 unspecified atom stereocenters. The predicted octanol–water partition coefficient (Wildman–Crippen LogP) is 3.68. The van der Waals surface area contributed by atoms with Crippen molar-refractivity contribution in [3.05, 3.63) is 22.4 Å². The number of piperazine rings is 1. The molecule has 1 saturated heterocycles. The van der Waals surface area contributed by atoms with E-state index in [2.05, 4.69) is 27.0 Å². The summed E-state index contributed by atoms with van der Waals surface area (Å²) in [7, 11) is 0. The van der Waals surface area contributed by atoms with Crippen molar-refractivity contribution in [2.45, 2.75) is 62.9 Å². The SMILES string of the molecule is c1cc(CCN2CC3(CCCCC3)NCC2C2CC2)cs1. The van der Waals surface area contributed by atoms with Crippen molar-refractivity contribution in [1.29, 1.82) is 0 Å². The first-order valence-electron chi connectivity index (χ1n) is 8.85. The van der Waals surface area contributed by atoms with Crippen molar-refractivity contribution in [3.63, 3.8) is 0 Å². The Morgan fingerprint density at radius 3 is 2.81 bits per heavy atom. The lowest BCUT2D eigenvalue weighted by atomic mass is 9.79. The van der Waals surface area contributed by atoms with Crippen molar-refractivity contribution in [1.82, 2.24) is 10.2 Å². The molecule has 2 heterocycles. The predicted molar refractivity (Wildman–Crippen MR) is 89.9 cm³/mol. The summed E-state index contributed by atoms with van der Waals surface area (Å²) in [6, 6.07) is 3.12. The van der Waals surface area contributed by atoms with E-state index in [1.54, 1.807) is 0 Å². The van der Waals surface area contributed by atoms with Gasteiger partial charge in [-0.25, -0.2) is 0 Å². The standard InChI is InChI=1S/C18H28N2S/c1-2-8-18(9-3-1)14-20(10-6-15-7-11-21-13-15)17(12-19-18)16-4-5-16/h7,11,13,16-17,19H,1-6,8-10,12,14H2. The summed E-state index contributed by atoms with van der Waals surface area (Å²) in [6.07, 6.45) is 11.3. The third-order valence-electron chi connectivity index (χ3n) is 5.91. The summed E-state index contributed by atoms with van der Waals surface area (Å²) < 4.78 is 0. The van der Waals surface area contributed by atoms with Crippen LogP contribution in [0.25, 0.3) is 0 Å². The quantitative estimate of drug-likeness (QED) is 0.913. The molecule has 3 heteroatoms. The maximum Gasteiger partial charge on any atom is 0.0309 e. The lowest BCUT2D eigenvalue weighted by Crippen LogP contribution is -2.65. The molecule has 2 saturated carbocycles. The normalized spacial score (nSPS) is 29.8. The first kappa shape index (κ1) is 14.2. The first-order valence-corrected chi connectivity index (χ1v) is 9.79. The van der Waals surface area contributed by atoms with Crippen LogP contribution in [0.5, 0.6) is 0 Å². The monoisotopic (exact) mass is 304 g/mol. The Balaban J connectivity index is 1.43. The lowest BCUT2D eigenvalue weighted by molar-refractivity contribution is 0.0474. The second-order valence-electron chi connectivity index (χ2n) is 7.48. The molecule has 1 spiro atoms. The maximum absolute atomic E-state index is 3.99. The molecule has 1 N–H and O–H groups in total. The van der Waals surface area contributed by atoms with E-state index in [4.69, 9.17) is 0 Å². The molecule has 3 aliphatic rings. The Hall–Kier alpha value is -0.380. The zero-order chi connectivity index (χ0) is 14.1. The van der Waals surface area contributed by atoms with Crippen molar-refractivity contribution >= 4 is 11.3 Å². The van der Waals surface area contributed by atoms with Gasteiger partial charge in [0.15, 0.2) is 0 Å². The highest BCUT2D eigenvalue weighted by Gasteiger charge is 2.44. The van der Waals surface area contributed by atoms with Gasteiger partial charge in [0.2, 0.25) is 0 Å². The minimum Gasteiger partial charge on any atom is -0.308 e. The van der Waals surface area contributed by atoms with Crippen LogP contribution >= 0.6 is 11.3 Å². The van der Waals surface area contributed by atoms with Crippen LogP contribution in [0, 0.1) is 5.92 Å². The molecule has 21 heavy (non-hydrogen) atoms. The summed E-state index contributed by atoms with van der Waals surface area (Å²) in [4.78, 5) is 2.86. The van der Waals surface area contributed by atoms with Gasteiger partial charge in [-0.05, 0) is 60.4 Å². The summed E-state index contributed by atoms with van der Waals surface area (Å²) in [6.45, 7) is 3.81. The molecule has 3 fully saturated rings. The Labute approximate surface area is 132 Å². The molecule has 2 aliphatic carbocycles. The molecule has 1 atom stereocenters. The molecule has 0 bridgehead atoms. The average molecular weight is 305 g/mol. The molecule has 0 aromatic carbocycles. The van der Waals surface area contributed by atoms with Crippen molar-refractivity contribution in [2.24, 2.45) is 5.92 Å². The van der Waals surface area contributed by atoms with Gasteiger partial charge in [-0.2, -0.15) is 11.3 Å². The molecule has 1 aromatic heterocycles. The number of nitrogens with zero attached hydrogens (tertiary/aromatic N) is 1. The van der Waals surface area contributed by atoms with Crippen LogP contribution in [0.15, 0.2) is 16.8 Å². The van der Waals surface area contributed by atoms with Crippen LogP contribution in [0.2, 0.25) is 0 Å². The molecule has 1 aliphatic heterocycles. The fourth-order valence-electron chi connectivity index (χ4n) is 4.47. The van der Waals surface area contributed by atoms with E-state index in [9.17, 15) is 0 Å². The Morgan fingerprint density at radius 2 is 2.10 bits per heavy atom. The van der Waals surface area contributed by atoms with Crippen LogP contribution in [0.1, 0.15) is 50.5 Å². The number of hydrogen-bond acceptors (Lipinski definition) is 3. The zero-order valence-electron chi connectivity index (χ0n) is 13.0. The summed E-state index contributed by atoms with van der Waals surface area (Å²) in [5, 5.41) is 8.53. The van der Waals surface area contributed by atoms with Gasteiger partial charge in [0, 0.05) is 31.2 Å². The van der Waals surface area contributed by atoms with Gasteiger partial charge in [0.05, 0.1) is 0 Å². The van der Waals surface area contributed by atoms with Gasteiger partial charge in [0.1, 0.15) is 0 Å². The molecule has 1 aromatic rings. The van der Waals surface area contributed by atoms with Crippen molar-refractivity contribution in [3.8, 4) is 0 Å². The Morgan fingerprint density at radius 1 is 1.24 bits per heavy atom. The highest BCUT2D eigenvalue weighted by Crippen LogP contribution is 2.40. The van der Waals surface area contributed by atoms with Crippen LogP contribution in [0.4, 0.5) is 0 Å². The lowest BCUT2D eigenvalue weighted by Gasteiger charge is -2.50. The third kappa shape index (κ3) is 3.20. The van der Waals surface area contributed by atoms with E-state index in [0.717, 1.165) is 12.0 Å². The number of thiophene rings is 1. The van der Waals surface area contributed by atoms with Crippen molar-refractivity contribution in [2.75, 3.05) is 19.6 Å². The molecule has 0 radical (unpaired) electrons. The summed E-state index contributed by atoms with van der Waals surface area (Å²) >= 11 is 1.84. The van der Waals surface area contributed by atoms with E-state index >= 15 is 0 Å². The molecular weight excluding hydrogens is 276 g/mol. The number of nitrogens with one attached hydrogen (secondary N) is 1. The summed E-state index contributed by atoms with van der Waals surface area (Å²) in [5.74, 6) is 0.987. The van der Waals surface area contributed by atoms with Crippen LogP contribution in [-0.4, -0.2) is 36.1 Å². The van der Waals surface area contributed by atoms with E-state index < -0.39 is 0 Å². The van der Waals surface area contributed by atoms with E-state index in [1.807, 2.05) is 11.3 Å². The fraction of sp³-hybridized carbons (Fsp3) is 0.778. The van der Waals surface area contributed by atoms with Crippen LogP contribution in [0.3, 0.4) is 0 Å². The largest absolute Gasteiger partial charge is 0.308 e. The van der Waals surface area contributed by atoms with E-state index in [0.29, 0.717) is 5.54 Å². The topological polar surface area (TPSA) is 15.3 Å². The average Bonchev–Trinajstić information content (AvgIpc) is 3.22. The van der Waals surface area contributed by atoms with Gasteiger partial charge >= 0.3 is 0 Å². The molecule has 2 nitrogen and oxygen atoms in total. The van der Waals surface area contributed by atoms with Gasteiger partial charge in [0.25, 0.3) is 0 Å². The van der Waals surface area contributed by atoms with E-state index in [1.165, 1.54) is 76.6 Å². The Bertz CT molecular complexity index is 446. The van der Waals surface area contributed by atoms with Gasteiger partial charge in [-0.15, -0.1) is 0 Å². The molecular formula is C18H28N2S. The molecule has 116 valence electrons. The summed E-state index contributed by atoms with van der Waals surface area (Å²) in [5.41, 5.74) is 1.99. The smallest absolute Gasteiger partial charge is 0.0309 e. The van der Waals surface area contributed by atoms with Gasteiger partial charge in [-0.1, -0.05) is 19.3 Å². The molecule has 0 amide bonds. The molecule has 4 rings (SSSR count). The highest BCUT2D eigenvalue weighted by atomic mass is 32.1. The third-order valence-corrected chi connectivity index (χ3v) is 6.64. The second kappa shape index (κ2) is 6.02. The van der Waals surface area contributed by atoms with Crippen LogP contribution in [-0.2, 0) is 6.42 Å². The minimum atomic E-state index is 0.457. The first-order chi connectivity index (χ1) is 10.3. The second-order valence-corrected chi connectivity index (χ2v) is 8.26. The number of rotatable bonds is 4. The van der Waals surface area contributed by atoms with E-state index in [-0.39, 0.29) is 0 Å². The highest BCUT2D eigenvalue weighted by molar-refractivity contribution is 7.07. The number of hydrogen-bond donors (Lipinski definition) is 1. The zero-order valence-corrected chi connectivity index (χ0v) is 13.8.